The zero-order chi connectivity index (χ0) is 12.8. The standard InChI is InChI=1S/C10H17FNO4/c1-7(11)5-12-9(14)16-6-15-8(13)10(2,3)4/h7H,1,5-6H2,2-4H3,(H,12,14)/t7-/m0/s1. The number of hydrogen-bond acceptors (Lipinski definition) is 4. The zero-order valence-corrected chi connectivity index (χ0v) is 9.71. The Morgan fingerprint density at radius 2 is 1.94 bits per heavy atom. The molecule has 5 nitrogen and oxygen atoms in total. The van der Waals surface area contributed by atoms with Gasteiger partial charge in [0, 0.05) is 0 Å². The van der Waals surface area contributed by atoms with Crippen LogP contribution in [0.2, 0.25) is 0 Å². The molecule has 0 aromatic rings. The Bertz CT molecular complexity index is 248. The Kier molecular flexibility index (Phi) is 5.77. The third kappa shape index (κ3) is 7.03. The van der Waals surface area contributed by atoms with Crippen molar-refractivity contribution in [3.8, 4) is 0 Å². The van der Waals surface area contributed by atoms with Crippen LogP contribution in [0.3, 0.4) is 0 Å². The van der Waals surface area contributed by atoms with E-state index in [2.05, 4.69) is 21.7 Å². The van der Waals surface area contributed by atoms with E-state index in [0.717, 1.165) is 0 Å². The molecule has 0 aliphatic rings. The fourth-order valence-electron chi connectivity index (χ4n) is 0.598. The van der Waals surface area contributed by atoms with Crippen LogP contribution in [0.15, 0.2) is 0 Å². The van der Waals surface area contributed by atoms with Gasteiger partial charge in [-0.3, -0.25) is 4.79 Å². The van der Waals surface area contributed by atoms with Crippen LogP contribution in [0.4, 0.5) is 9.18 Å². The second-order valence-electron chi connectivity index (χ2n) is 4.21. The molecule has 1 atom stereocenters. The number of halogens is 1. The van der Waals surface area contributed by atoms with E-state index in [0.29, 0.717) is 0 Å². The van der Waals surface area contributed by atoms with Gasteiger partial charge < -0.3 is 14.8 Å². The molecule has 0 aliphatic carbocycles. The van der Waals surface area contributed by atoms with Gasteiger partial charge in [-0.25, -0.2) is 9.18 Å². The molecule has 0 aromatic heterocycles. The minimum atomic E-state index is -1.40. The van der Waals surface area contributed by atoms with Crippen LogP contribution in [0.1, 0.15) is 20.8 Å². The number of ether oxygens (including phenoxy) is 2. The molecule has 0 heterocycles. The van der Waals surface area contributed by atoms with Crippen LogP contribution in [-0.4, -0.2) is 31.6 Å². The lowest BCUT2D eigenvalue weighted by Gasteiger charge is -2.16. The summed E-state index contributed by atoms with van der Waals surface area (Å²) in [6, 6.07) is 0. The molecule has 0 rings (SSSR count). The van der Waals surface area contributed by atoms with E-state index in [1.165, 1.54) is 0 Å². The van der Waals surface area contributed by atoms with Crippen molar-refractivity contribution >= 4 is 12.1 Å². The minimum Gasteiger partial charge on any atom is -0.427 e. The molecule has 0 unspecified atom stereocenters. The van der Waals surface area contributed by atoms with Crippen molar-refractivity contribution in [1.82, 2.24) is 5.32 Å². The van der Waals surface area contributed by atoms with E-state index in [1.807, 2.05) is 0 Å². The van der Waals surface area contributed by atoms with Gasteiger partial charge in [0.15, 0.2) is 0 Å². The van der Waals surface area contributed by atoms with Crippen LogP contribution in [0.25, 0.3) is 0 Å². The van der Waals surface area contributed by atoms with Gasteiger partial charge in [0.25, 0.3) is 0 Å². The summed E-state index contributed by atoms with van der Waals surface area (Å²) in [6.07, 6.45) is -2.25. The molecule has 0 fully saturated rings. The number of alkyl carbamates (subject to hydrolysis) is 1. The van der Waals surface area contributed by atoms with E-state index in [9.17, 15) is 14.0 Å². The molecule has 0 bridgehead atoms. The fourth-order valence-corrected chi connectivity index (χ4v) is 0.598. The Hall–Kier alpha value is -1.33. The summed E-state index contributed by atoms with van der Waals surface area (Å²) in [4.78, 5) is 22.1. The minimum absolute atomic E-state index is 0.244. The average Bonchev–Trinajstić information content (AvgIpc) is 2.13. The molecule has 16 heavy (non-hydrogen) atoms. The molecule has 0 saturated carbocycles. The highest BCUT2D eigenvalue weighted by Crippen LogP contribution is 2.14. The largest absolute Gasteiger partial charge is 0.427 e. The number of amides is 1. The van der Waals surface area contributed by atoms with Gasteiger partial charge in [-0.15, -0.1) is 0 Å². The van der Waals surface area contributed by atoms with E-state index < -0.39 is 30.4 Å². The van der Waals surface area contributed by atoms with Gasteiger partial charge in [-0.2, -0.15) is 0 Å². The lowest BCUT2D eigenvalue weighted by molar-refractivity contribution is -0.161. The van der Waals surface area contributed by atoms with Crippen molar-refractivity contribution in [2.24, 2.45) is 5.41 Å². The molecule has 1 radical (unpaired) electrons. The van der Waals surface area contributed by atoms with Crippen molar-refractivity contribution in [3.63, 3.8) is 0 Å². The van der Waals surface area contributed by atoms with Gasteiger partial charge in [0.1, 0.15) is 6.17 Å². The molecule has 0 saturated heterocycles. The predicted molar refractivity (Wildman–Crippen MR) is 55.2 cm³/mol. The van der Waals surface area contributed by atoms with Crippen LogP contribution < -0.4 is 5.32 Å². The summed E-state index contributed by atoms with van der Waals surface area (Å²) < 4.78 is 21.3. The predicted octanol–water partition coefficient (Wildman–Crippen LogP) is 1.43. The van der Waals surface area contributed by atoms with E-state index in [4.69, 9.17) is 0 Å². The van der Waals surface area contributed by atoms with E-state index >= 15 is 0 Å². The number of rotatable bonds is 4. The van der Waals surface area contributed by atoms with Crippen molar-refractivity contribution in [2.45, 2.75) is 26.9 Å². The highest BCUT2D eigenvalue weighted by Gasteiger charge is 2.23. The average molecular weight is 234 g/mol. The SMILES string of the molecule is [CH2][C@H](F)CNC(=O)OCOC(=O)C(C)(C)C. The molecular formula is C10H17FNO4. The molecule has 6 heteroatoms. The highest BCUT2D eigenvalue weighted by molar-refractivity contribution is 5.75. The smallest absolute Gasteiger partial charge is 0.410 e. The van der Waals surface area contributed by atoms with Crippen LogP contribution in [0, 0.1) is 12.3 Å². The second kappa shape index (κ2) is 6.30. The Morgan fingerprint density at radius 3 is 2.38 bits per heavy atom. The maximum atomic E-state index is 12.2. The molecule has 0 aliphatic heterocycles. The third-order valence-electron chi connectivity index (χ3n) is 1.46. The molecule has 93 valence electrons. The lowest BCUT2D eigenvalue weighted by atomic mass is 9.98. The number of carbonyl (C=O) groups is 2. The van der Waals surface area contributed by atoms with E-state index in [-0.39, 0.29) is 6.54 Å². The van der Waals surface area contributed by atoms with Gasteiger partial charge >= 0.3 is 12.1 Å². The first-order valence-electron chi connectivity index (χ1n) is 4.78. The zero-order valence-electron chi connectivity index (χ0n) is 9.71. The first kappa shape index (κ1) is 14.7. The molecule has 0 aromatic carbocycles. The molecule has 1 N–H and O–H groups in total. The summed E-state index contributed by atoms with van der Waals surface area (Å²) in [5.41, 5.74) is -0.656. The van der Waals surface area contributed by atoms with Gasteiger partial charge in [-0.1, -0.05) is 0 Å². The first-order chi connectivity index (χ1) is 7.23. The first-order valence-corrected chi connectivity index (χ1v) is 4.78. The summed E-state index contributed by atoms with van der Waals surface area (Å²) in [5.74, 6) is -0.485. The Balaban J connectivity index is 3.67. The monoisotopic (exact) mass is 234 g/mol. The van der Waals surface area contributed by atoms with Crippen molar-refractivity contribution in [3.05, 3.63) is 6.92 Å². The second-order valence-corrected chi connectivity index (χ2v) is 4.21. The van der Waals surface area contributed by atoms with E-state index in [1.54, 1.807) is 20.8 Å². The third-order valence-corrected chi connectivity index (χ3v) is 1.46. The molecule has 1 amide bonds. The number of esters is 1. The van der Waals surface area contributed by atoms with Crippen molar-refractivity contribution in [2.75, 3.05) is 13.3 Å². The fraction of sp³-hybridized carbons (Fsp3) is 0.700. The van der Waals surface area contributed by atoms with Gasteiger partial charge in [-0.05, 0) is 27.7 Å². The van der Waals surface area contributed by atoms with Crippen LogP contribution in [-0.2, 0) is 14.3 Å². The normalized spacial score (nSPS) is 12.8. The molecular weight excluding hydrogens is 217 g/mol. The number of nitrogens with one attached hydrogen (secondary N) is 1. The highest BCUT2D eigenvalue weighted by atomic mass is 19.1. The van der Waals surface area contributed by atoms with Crippen molar-refractivity contribution in [1.29, 1.82) is 0 Å². The topological polar surface area (TPSA) is 64.6 Å². The van der Waals surface area contributed by atoms with Gasteiger partial charge in [0.05, 0.1) is 12.0 Å². The summed E-state index contributed by atoms with van der Waals surface area (Å²) >= 11 is 0. The summed E-state index contributed by atoms with van der Waals surface area (Å²) in [6.45, 7) is 7.31. The number of carbonyl (C=O) groups excluding carboxylic acids is 2. The lowest BCUT2D eigenvalue weighted by Crippen LogP contribution is -2.31. The summed E-state index contributed by atoms with van der Waals surface area (Å²) in [7, 11) is 0. The van der Waals surface area contributed by atoms with Gasteiger partial charge in [0.2, 0.25) is 6.79 Å². The summed E-state index contributed by atoms with van der Waals surface area (Å²) in [5, 5.41) is 2.10. The van der Waals surface area contributed by atoms with Crippen LogP contribution >= 0.6 is 0 Å². The van der Waals surface area contributed by atoms with Crippen molar-refractivity contribution < 1.29 is 23.5 Å². The number of alkyl halides is 1. The quantitative estimate of drug-likeness (QED) is 0.590. The maximum absolute atomic E-state index is 12.2. The Labute approximate surface area is 94.3 Å². The Morgan fingerprint density at radius 1 is 1.38 bits per heavy atom. The van der Waals surface area contributed by atoms with Crippen LogP contribution in [0.5, 0.6) is 0 Å². The number of hydrogen-bond donors (Lipinski definition) is 1. The maximum Gasteiger partial charge on any atom is 0.410 e. The molecule has 0 spiro atoms.